The van der Waals surface area contributed by atoms with Gasteiger partial charge in [0.05, 0.1) is 6.61 Å². The molecular formula is C15H21FN2O2. The van der Waals surface area contributed by atoms with Crippen molar-refractivity contribution in [3.05, 3.63) is 35.6 Å². The van der Waals surface area contributed by atoms with Gasteiger partial charge in [0, 0.05) is 19.6 Å². The smallest absolute Gasteiger partial charge is 0.328 e. The molecule has 1 aromatic rings. The van der Waals surface area contributed by atoms with E-state index in [1.807, 2.05) is 0 Å². The Morgan fingerprint density at radius 3 is 3.05 bits per heavy atom. The minimum atomic E-state index is -0.523. The van der Waals surface area contributed by atoms with Crippen LogP contribution in [0.25, 0.3) is 0 Å². The molecule has 1 aromatic carbocycles. The maximum absolute atomic E-state index is 13.4. The van der Waals surface area contributed by atoms with Crippen molar-refractivity contribution in [3.8, 4) is 0 Å². The highest BCUT2D eigenvalue weighted by Crippen LogP contribution is 2.23. The molecule has 5 heteroatoms. The summed E-state index contributed by atoms with van der Waals surface area (Å²) < 4.78 is 18.6. The van der Waals surface area contributed by atoms with Crippen molar-refractivity contribution in [3.63, 3.8) is 0 Å². The van der Waals surface area contributed by atoms with Gasteiger partial charge in [0.2, 0.25) is 0 Å². The fourth-order valence-electron chi connectivity index (χ4n) is 2.52. The number of nitrogens with zero attached hydrogens (tertiary/aromatic N) is 1. The molecule has 1 fully saturated rings. The Kier molecular flexibility index (Phi) is 5.49. The zero-order valence-corrected chi connectivity index (χ0v) is 11.8. The van der Waals surface area contributed by atoms with Gasteiger partial charge in [-0.15, -0.1) is 0 Å². The highest BCUT2D eigenvalue weighted by atomic mass is 19.1. The van der Waals surface area contributed by atoms with Gasteiger partial charge in [-0.2, -0.15) is 0 Å². The normalized spacial score (nSPS) is 18.3. The van der Waals surface area contributed by atoms with Crippen LogP contribution in [0, 0.1) is 5.82 Å². The predicted octanol–water partition coefficient (Wildman–Crippen LogP) is 1.73. The van der Waals surface area contributed by atoms with Crippen LogP contribution in [0.5, 0.6) is 0 Å². The van der Waals surface area contributed by atoms with Crippen molar-refractivity contribution in [2.24, 2.45) is 0 Å². The van der Waals surface area contributed by atoms with Crippen molar-refractivity contribution in [2.45, 2.75) is 19.4 Å². The SMILES string of the molecule is CCOC(=O)C(c1cccc(F)c1)N1CCCNCC1. The van der Waals surface area contributed by atoms with E-state index in [0.29, 0.717) is 12.2 Å². The Morgan fingerprint density at radius 1 is 1.45 bits per heavy atom. The van der Waals surface area contributed by atoms with E-state index in [-0.39, 0.29) is 11.8 Å². The summed E-state index contributed by atoms with van der Waals surface area (Å²) in [7, 11) is 0. The molecule has 0 aliphatic carbocycles. The molecule has 0 saturated carbocycles. The lowest BCUT2D eigenvalue weighted by Crippen LogP contribution is -2.37. The van der Waals surface area contributed by atoms with Crippen LogP contribution in [0.4, 0.5) is 4.39 Å². The lowest BCUT2D eigenvalue weighted by Gasteiger charge is -2.28. The number of carbonyl (C=O) groups is 1. The number of nitrogens with one attached hydrogen (secondary N) is 1. The number of ether oxygens (including phenoxy) is 1. The van der Waals surface area contributed by atoms with Gasteiger partial charge in [0.25, 0.3) is 0 Å². The Bertz CT molecular complexity index is 445. The predicted molar refractivity (Wildman–Crippen MR) is 74.8 cm³/mol. The van der Waals surface area contributed by atoms with Gasteiger partial charge < -0.3 is 10.1 Å². The number of carbonyl (C=O) groups excluding carboxylic acids is 1. The first-order valence-electron chi connectivity index (χ1n) is 7.09. The molecule has 0 radical (unpaired) electrons. The van der Waals surface area contributed by atoms with Gasteiger partial charge in [-0.1, -0.05) is 12.1 Å². The van der Waals surface area contributed by atoms with Gasteiger partial charge >= 0.3 is 5.97 Å². The van der Waals surface area contributed by atoms with Crippen LogP contribution in [0.1, 0.15) is 24.9 Å². The van der Waals surface area contributed by atoms with Gasteiger partial charge in [0.15, 0.2) is 0 Å². The second kappa shape index (κ2) is 7.36. The summed E-state index contributed by atoms with van der Waals surface area (Å²) in [6.07, 6.45) is 0.964. The summed E-state index contributed by atoms with van der Waals surface area (Å²) in [6.45, 7) is 5.43. The second-order valence-corrected chi connectivity index (χ2v) is 4.85. The van der Waals surface area contributed by atoms with Crippen molar-refractivity contribution in [1.29, 1.82) is 0 Å². The van der Waals surface area contributed by atoms with Gasteiger partial charge in [-0.05, 0) is 37.6 Å². The second-order valence-electron chi connectivity index (χ2n) is 4.85. The van der Waals surface area contributed by atoms with E-state index in [2.05, 4.69) is 10.2 Å². The quantitative estimate of drug-likeness (QED) is 0.853. The fourth-order valence-corrected chi connectivity index (χ4v) is 2.52. The van der Waals surface area contributed by atoms with Crippen LogP contribution in [0.15, 0.2) is 24.3 Å². The summed E-state index contributed by atoms with van der Waals surface area (Å²) >= 11 is 0. The lowest BCUT2D eigenvalue weighted by molar-refractivity contribution is -0.149. The summed E-state index contributed by atoms with van der Waals surface area (Å²) in [5.74, 6) is -0.634. The van der Waals surface area contributed by atoms with Gasteiger partial charge in [-0.25, -0.2) is 9.18 Å². The average Bonchev–Trinajstić information content (AvgIpc) is 2.68. The van der Waals surface area contributed by atoms with E-state index in [1.165, 1.54) is 12.1 Å². The first-order valence-corrected chi connectivity index (χ1v) is 7.09. The molecule has 0 amide bonds. The first kappa shape index (κ1) is 14.9. The molecular weight excluding hydrogens is 259 g/mol. The maximum atomic E-state index is 13.4. The topological polar surface area (TPSA) is 41.6 Å². The number of benzene rings is 1. The Morgan fingerprint density at radius 2 is 2.30 bits per heavy atom. The number of rotatable bonds is 4. The Balaban J connectivity index is 2.25. The molecule has 4 nitrogen and oxygen atoms in total. The molecule has 1 aliphatic rings. The number of esters is 1. The van der Waals surface area contributed by atoms with E-state index in [0.717, 1.165) is 32.6 Å². The molecule has 1 heterocycles. The third-order valence-electron chi connectivity index (χ3n) is 3.41. The van der Waals surface area contributed by atoms with E-state index < -0.39 is 6.04 Å². The molecule has 0 spiro atoms. The van der Waals surface area contributed by atoms with Gasteiger partial charge in [0.1, 0.15) is 11.9 Å². The van der Waals surface area contributed by atoms with E-state index in [1.54, 1.807) is 19.1 Å². The molecule has 0 bridgehead atoms. The van der Waals surface area contributed by atoms with Crippen LogP contribution in [0.2, 0.25) is 0 Å². The summed E-state index contributed by atoms with van der Waals surface area (Å²) in [5, 5.41) is 3.30. The van der Waals surface area contributed by atoms with E-state index >= 15 is 0 Å². The molecule has 1 aliphatic heterocycles. The molecule has 110 valence electrons. The highest BCUT2D eigenvalue weighted by molar-refractivity contribution is 5.77. The van der Waals surface area contributed by atoms with E-state index in [9.17, 15) is 9.18 Å². The Labute approximate surface area is 118 Å². The van der Waals surface area contributed by atoms with Gasteiger partial charge in [-0.3, -0.25) is 4.90 Å². The lowest BCUT2D eigenvalue weighted by atomic mass is 10.0. The number of hydrogen-bond donors (Lipinski definition) is 1. The molecule has 1 N–H and O–H groups in total. The number of hydrogen-bond acceptors (Lipinski definition) is 4. The molecule has 1 unspecified atom stereocenters. The largest absolute Gasteiger partial charge is 0.465 e. The highest BCUT2D eigenvalue weighted by Gasteiger charge is 2.29. The standard InChI is InChI=1S/C15H21FN2O2/c1-2-20-15(19)14(12-5-3-6-13(16)11-12)18-9-4-7-17-8-10-18/h3,5-6,11,14,17H,2,4,7-10H2,1H3. The van der Waals surface area contributed by atoms with Crippen LogP contribution in [0.3, 0.4) is 0 Å². The van der Waals surface area contributed by atoms with Crippen LogP contribution in [-0.2, 0) is 9.53 Å². The summed E-state index contributed by atoms with van der Waals surface area (Å²) in [6, 6.07) is 5.69. The third-order valence-corrected chi connectivity index (χ3v) is 3.41. The number of halogens is 1. The molecule has 20 heavy (non-hydrogen) atoms. The monoisotopic (exact) mass is 280 g/mol. The summed E-state index contributed by atoms with van der Waals surface area (Å²) in [4.78, 5) is 14.3. The molecule has 1 atom stereocenters. The van der Waals surface area contributed by atoms with Crippen molar-refractivity contribution in [2.75, 3.05) is 32.8 Å². The molecule has 2 rings (SSSR count). The minimum absolute atomic E-state index is 0.306. The van der Waals surface area contributed by atoms with Crippen LogP contribution < -0.4 is 5.32 Å². The molecule has 1 saturated heterocycles. The maximum Gasteiger partial charge on any atom is 0.328 e. The summed E-state index contributed by atoms with van der Waals surface area (Å²) in [5.41, 5.74) is 0.658. The minimum Gasteiger partial charge on any atom is -0.465 e. The zero-order chi connectivity index (χ0) is 14.4. The first-order chi connectivity index (χ1) is 9.72. The van der Waals surface area contributed by atoms with Crippen LogP contribution >= 0.6 is 0 Å². The molecule has 0 aromatic heterocycles. The zero-order valence-electron chi connectivity index (χ0n) is 11.8. The fraction of sp³-hybridized carbons (Fsp3) is 0.533. The Hall–Kier alpha value is -1.46. The average molecular weight is 280 g/mol. The third kappa shape index (κ3) is 3.77. The van der Waals surface area contributed by atoms with Crippen LogP contribution in [-0.4, -0.2) is 43.7 Å². The van der Waals surface area contributed by atoms with Crippen molar-refractivity contribution in [1.82, 2.24) is 10.2 Å². The van der Waals surface area contributed by atoms with E-state index in [4.69, 9.17) is 4.74 Å². The van der Waals surface area contributed by atoms with Crippen molar-refractivity contribution >= 4 is 5.97 Å². The van der Waals surface area contributed by atoms with Crippen molar-refractivity contribution < 1.29 is 13.9 Å².